The standard InChI is InChI=1S/C16H18ClN3O2.C14H16ClFN4O.C14H16ClN3O.C13H17ClN4O2S.C13H15N5O2S/c17-11-7-12(13-9-18-19-14(13)8-11)10-1-5-20(6-2-10)15(21)16(22)3-4-16;15-10-7-12-11(9-17-18-12)13(8-10)19-3-5-20(6-4-19)14(21)1-2-16;1-9(19)4-10-2-3-18(8-10)14-6-11(15)5-13-12(14)7-16-17-13;1-9-8-17(21(2,19)20)3-4-18(9)13-6-10(14)5-12-11(13)7-15-16-12;1-21(19,20)18-4-2-17(3-5-18)13-7-10(8-14)6-12-11(13)9-15-16-12/h7-10,22H,1-6H2,(H,18,19);7-9H,1-6H2,(H,17,18);5-7,10H,2-4,8H2,1H3,(H,16,17);5-7,9H,3-4,8H2,1-2H3,(H,15,16);6-7,9H,2-5H2,1H3,(H,15,16)/t;;;9-;/m...1./s1. The van der Waals surface area contributed by atoms with Gasteiger partial charge in [-0.15, -0.1) is 0 Å². The van der Waals surface area contributed by atoms with E-state index in [1.807, 2.05) is 73.9 Å². The number of benzene rings is 5. The Morgan fingerprint density at radius 3 is 1.47 bits per heavy atom. The molecule has 0 bridgehead atoms. The SMILES string of the molecule is CC(=O)CC1CCN(c2cc(Cl)cc3[nH]ncc23)C1.CS(=O)(=O)N1CCN(c2cc(C#N)cc3[nH]ncc23)CC1.C[C@@H]1CN(S(C)(=O)=O)CCN1c1cc(Cl)cc2[nH]ncc12.O=C(CCF)N1CCN(c2cc(Cl)cc3[nH]ncc23)CC1.O=C(N1CCC(c2cc(Cl)cc3[nH]ncc23)CC1)C1(O)CC1. The van der Waals surface area contributed by atoms with Crippen molar-refractivity contribution in [3.8, 4) is 6.07 Å². The Balaban J connectivity index is 0.000000122. The molecular weight excluding hydrogens is 1460 g/mol. The second-order valence-corrected chi connectivity index (χ2v) is 33.0. The summed E-state index contributed by atoms with van der Waals surface area (Å²) in [5, 5.41) is 61.9. The summed E-state index contributed by atoms with van der Waals surface area (Å²) in [6.45, 7) is 12.7. The maximum Gasteiger partial charge on any atom is 0.254 e. The van der Waals surface area contributed by atoms with E-state index in [2.05, 4.69) is 76.7 Å². The van der Waals surface area contributed by atoms with Crippen LogP contribution < -0.4 is 19.6 Å². The van der Waals surface area contributed by atoms with Gasteiger partial charge in [0.25, 0.3) is 5.91 Å². The fourth-order valence-corrected chi connectivity index (χ4v) is 17.0. The minimum Gasteiger partial charge on any atom is -0.380 e. The Morgan fingerprint density at radius 2 is 0.990 bits per heavy atom. The largest absolute Gasteiger partial charge is 0.380 e. The molecule has 10 heterocycles. The molecule has 27 nitrogen and oxygen atoms in total. The van der Waals surface area contributed by atoms with Crippen LogP contribution in [0.15, 0.2) is 91.6 Å². The number of alkyl halides is 1. The number of amides is 2. The molecule has 5 aliphatic heterocycles. The lowest BCUT2D eigenvalue weighted by molar-refractivity contribution is -0.143. The van der Waals surface area contributed by atoms with Gasteiger partial charge in [-0.2, -0.15) is 39.4 Å². The number of carbonyl (C=O) groups is 3. The zero-order valence-electron chi connectivity index (χ0n) is 57.9. The molecule has 2 amide bonds. The first kappa shape index (κ1) is 75.3. The summed E-state index contributed by atoms with van der Waals surface area (Å²) in [4.78, 5) is 47.4. The molecule has 2 atom stereocenters. The molecule has 1 aliphatic carbocycles. The van der Waals surface area contributed by atoms with Crippen LogP contribution in [0.25, 0.3) is 54.5 Å². The number of nitriles is 1. The predicted molar refractivity (Wildman–Crippen MR) is 405 cm³/mol. The third-order valence-corrected chi connectivity index (χ3v) is 23.4. The maximum absolute atomic E-state index is 12.2. The van der Waals surface area contributed by atoms with Crippen molar-refractivity contribution in [2.45, 2.75) is 76.4 Å². The molecule has 5 aromatic heterocycles. The maximum atomic E-state index is 12.2. The fourth-order valence-electron chi connectivity index (χ4n) is 14.4. The Hall–Kier alpha value is -8.38. The molecule has 34 heteroatoms. The zero-order valence-corrected chi connectivity index (χ0v) is 62.6. The summed E-state index contributed by atoms with van der Waals surface area (Å²) in [5.41, 5.74) is 9.26. The highest BCUT2D eigenvalue weighted by Crippen LogP contribution is 2.41. The summed E-state index contributed by atoms with van der Waals surface area (Å²) < 4.78 is 61.7. The topological polar surface area (TPSA) is 333 Å². The molecule has 104 heavy (non-hydrogen) atoms. The van der Waals surface area contributed by atoms with Crippen LogP contribution >= 0.6 is 46.4 Å². The van der Waals surface area contributed by atoms with Gasteiger partial charge in [0, 0.05) is 180 Å². The normalized spacial score (nSPS) is 18.9. The highest BCUT2D eigenvalue weighted by Gasteiger charge is 2.50. The van der Waals surface area contributed by atoms with Crippen molar-refractivity contribution >= 4 is 161 Å². The van der Waals surface area contributed by atoms with Gasteiger partial charge in [0.05, 0.1) is 95.8 Å². The number of aromatic nitrogens is 10. The minimum absolute atomic E-state index is 0.0247. The van der Waals surface area contributed by atoms with Crippen molar-refractivity contribution in [1.82, 2.24) is 69.4 Å². The van der Waals surface area contributed by atoms with E-state index in [0.29, 0.717) is 142 Å². The molecule has 0 spiro atoms. The van der Waals surface area contributed by atoms with Gasteiger partial charge < -0.3 is 39.3 Å². The van der Waals surface area contributed by atoms with Gasteiger partial charge in [-0.05, 0) is 124 Å². The van der Waals surface area contributed by atoms with Crippen LogP contribution in [0.4, 0.5) is 27.1 Å². The van der Waals surface area contributed by atoms with Gasteiger partial charge in [0.2, 0.25) is 26.0 Å². The number of anilines is 4. The number of carbonyl (C=O) groups excluding carboxylic acids is 3. The molecule has 16 rings (SSSR count). The summed E-state index contributed by atoms with van der Waals surface area (Å²) in [5.74, 6) is 0.892. The second-order valence-electron chi connectivity index (χ2n) is 27.3. The molecule has 1 saturated carbocycles. The van der Waals surface area contributed by atoms with Gasteiger partial charge in [-0.3, -0.25) is 39.5 Å². The number of aliphatic hydroxyl groups is 1. The van der Waals surface area contributed by atoms with Gasteiger partial charge in [0.15, 0.2) is 0 Å². The quantitative estimate of drug-likeness (QED) is 0.0662. The van der Waals surface area contributed by atoms with E-state index in [9.17, 15) is 40.7 Å². The first-order chi connectivity index (χ1) is 49.7. The zero-order chi connectivity index (χ0) is 73.8. The Bertz CT molecular complexity index is 5040. The van der Waals surface area contributed by atoms with Crippen LogP contribution in [0, 0.1) is 17.2 Å². The van der Waals surface area contributed by atoms with Crippen molar-refractivity contribution in [1.29, 1.82) is 5.26 Å². The van der Waals surface area contributed by atoms with Crippen LogP contribution in [0.5, 0.6) is 0 Å². The van der Waals surface area contributed by atoms with Gasteiger partial charge in [-0.25, -0.2) is 16.8 Å². The monoisotopic (exact) mass is 1540 g/mol. The highest BCUT2D eigenvalue weighted by atomic mass is 35.5. The molecule has 6 fully saturated rings. The summed E-state index contributed by atoms with van der Waals surface area (Å²) in [6, 6.07) is 21.1. The molecule has 552 valence electrons. The van der Waals surface area contributed by atoms with Crippen LogP contribution in [0.1, 0.15) is 75.8 Å². The van der Waals surface area contributed by atoms with E-state index in [-0.39, 0.29) is 30.1 Å². The van der Waals surface area contributed by atoms with Gasteiger partial charge >= 0.3 is 0 Å². The fraction of sp³-hybridized carbons (Fsp3) is 0.443. The number of ketones is 1. The van der Waals surface area contributed by atoms with Crippen LogP contribution in [0.2, 0.25) is 20.1 Å². The molecule has 6 N–H and O–H groups in total. The average molecular weight is 1540 g/mol. The van der Waals surface area contributed by atoms with E-state index in [0.717, 1.165) is 110 Å². The van der Waals surface area contributed by atoms with E-state index in [1.54, 1.807) is 41.4 Å². The summed E-state index contributed by atoms with van der Waals surface area (Å²) >= 11 is 24.7. The number of hydrogen-bond donors (Lipinski definition) is 6. The Kier molecular flexibility index (Phi) is 23.3. The van der Waals surface area contributed by atoms with Crippen LogP contribution in [-0.4, -0.2) is 238 Å². The number of H-pyrrole nitrogens is 5. The number of aromatic amines is 5. The van der Waals surface area contributed by atoms with Crippen molar-refractivity contribution in [2.24, 2.45) is 5.92 Å². The first-order valence-electron chi connectivity index (χ1n) is 34.4. The average Bonchev–Trinajstić information content (AvgIpc) is 1.61. The van der Waals surface area contributed by atoms with E-state index >= 15 is 0 Å². The van der Waals surface area contributed by atoms with Crippen molar-refractivity contribution in [3.63, 3.8) is 0 Å². The van der Waals surface area contributed by atoms with Crippen LogP contribution in [-0.2, 0) is 34.4 Å². The number of hydrogen-bond acceptors (Lipinski definition) is 18. The number of piperazine rings is 3. The minimum atomic E-state index is -3.14. The van der Waals surface area contributed by atoms with Crippen molar-refractivity contribution < 1.29 is 40.7 Å². The van der Waals surface area contributed by atoms with E-state index in [1.165, 1.54) is 26.7 Å². The molecule has 10 aromatic rings. The van der Waals surface area contributed by atoms with Crippen molar-refractivity contribution in [2.75, 3.05) is 137 Å². The van der Waals surface area contributed by atoms with Gasteiger partial charge in [0.1, 0.15) is 11.4 Å². The predicted octanol–water partition coefficient (Wildman–Crippen LogP) is 9.90. The summed E-state index contributed by atoms with van der Waals surface area (Å²) in [7, 11) is -6.28. The molecule has 1 unspecified atom stereocenters. The Labute approximate surface area is 620 Å². The third-order valence-electron chi connectivity index (χ3n) is 20.0. The number of rotatable bonds is 12. The number of nitrogens with one attached hydrogen (secondary N) is 5. The van der Waals surface area contributed by atoms with Crippen LogP contribution in [0.3, 0.4) is 0 Å². The summed E-state index contributed by atoms with van der Waals surface area (Å²) in [6.07, 6.45) is 16.1. The molecule has 5 saturated heterocycles. The third kappa shape index (κ3) is 17.6. The Morgan fingerprint density at radius 1 is 0.548 bits per heavy atom. The second kappa shape index (κ2) is 32.1. The molecular formula is C70H82Cl4FN19O8S2. The number of piperidine rings is 1. The number of sulfonamides is 2. The molecule has 5 aromatic carbocycles. The number of Topliss-reactive ketones (excluding diaryl/α,β-unsaturated/α-hetero) is 1. The molecule has 0 radical (unpaired) electrons. The number of nitrogens with zero attached hydrogens (tertiary/aromatic N) is 14. The molecule has 6 aliphatic rings. The van der Waals surface area contributed by atoms with E-state index in [4.69, 9.17) is 51.7 Å². The van der Waals surface area contributed by atoms with Gasteiger partial charge in [-0.1, -0.05) is 46.4 Å². The number of fused-ring (bicyclic) bond motifs is 5. The van der Waals surface area contributed by atoms with Crippen molar-refractivity contribution in [3.05, 3.63) is 123 Å². The lowest BCUT2D eigenvalue weighted by atomic mass is 9.87. The smallest absolute Gasteiger partial charge is 0.254 e. The lowest BCUT2D eigenvalue weighted by Crippen LogP contribution is -2.53. The number of halogens is 5. The lowest BCUT2D eigenvalue weighted by Gasteiger charge is -2.40. The highest BCUT2D eigenvalue weighted by molar-refractivity contribution is 7.88. The first-order valence-corrected chi connectivity index (χ1v) is 39.6. The van der Waals surface area contributed by atoms with E-state index < -0.39 is 32.3 Å². The number of likely N-dealkylation sites (tertiary alicyclic amines) is 1.